The first-order chi connectivity index (χ1) is 10.7. The number of halogens is 4. The maximum absolute atomic E-state index is 12.9. The number of benzene rings is 1. The Morgan fingerprint density at radius 2 is 2.08 bits per heavy atom. The molecule has 3 nitrogen and oxygen atoms in total. The Hall–Kier alpha value is -1.27. The number of alkyl halides is 3. The van der Waals surface area contributed by atoms with Gasteiger partial charge in [-0.25, -0.2) is 0 Å². The van der Waals surface area contributed by atoms with Crippen LogP contribution in [0.2, 0.25) is 0 Å². The molecule has 1 aliphatic heterocycles. The van der Waals surface area contributed by atoms with Crippen LogP contribution in [-0.2, 0) is 11.0 Å². The van der Waals surface area contributed by atoms with E-state index >= 15 is 0 Å². The van der Waals surface area contributed by atoms with E-state index in [0.29, 0.717) is 31.6 Å². The topological polar surface area (TPSA) is 46.3 Å². The fourth-order valence-electron chi connectivity index (χ4n) is 3.08. The van der Waals surface area contributed by atoms with Gasteiger partial charge in [0.05, 0.1) is 11.5 Å². The van der Waals surface area contributed by atoms with Crippen molar-refractivity contribution >= 4 is 18.3 Å². The SMILES string of the molecule is CCC(C(=O)N1CCC(C)(CN)C1)c1cccc(C(F)(F)F)c1.Cl. The first kappa shape index (κ1) is 20.8. The number of hydrogen-bond acceptors (Lipinski definition) is 2. The highest BCUT2D eigenvalue weighted by Gasteiger charge is 2.38. The van der Waals surface area contributed by atoms with Crippen LogP contribution in [-0.4, -0.2) is 30.4 Å². The molecule has 2 N–H and O–H groups in total. The highest BCUT2D eigenvalue weighted by molar-refractivity contribution is 5.85. The summed E-state index contributed by atoms with van der Waals surface area (Å²) in [7, 11) is 0. The summed E-state index contributed by atoms with van der Waals surface area (Å²) in [6.07, 6.45) is -3.10. The Bertz CT molecular complexity index is 579. The number of carbonyl (C=O) groups excluding carboxylic acids is 1. The van der Waals surface area contributed by atoms with Crippen molar-refractivity contribution in [1.29, 1.82) is 0 Å². The van der Waals surface area contributed by atoms with Gasteiger partial charge in [0.25, 0.3) is 0 Å². The van der Waals surface area contributed by atoms with Gasteiger partial charge in [-0.1, -0.05) is 32.0 Å². The number of hydrogen-bond donors (Lipinski definition) is 1. The fraction of sp³-hybridized carbons (Fsp3) is 0.588. The normalized spacial score (nSPS) is 22.2. The third-order valence-electron chi connectivity index (χ3n) is 4.68. The number of rotatable bonds is 4. The van der Waals surface area contributed by atoms with Crippen LogP contribution in [0, 0.1) is 5.41 Å². The summed E-state index contributed by atoms with van der Waals surface area (Å²) < 4.78 is 38.6. The molecule has 0 bridgehead atoms. The van der Waals surface area contributed by atoms with E-state index in [-0.39, 0.29) is 23.7 Å². The lowest BCUT2D eigenvalue weighted by atomic mass is 9.90. The van der Waals surface area contributed by atoms with Gasteiger partial charge in [0.2, 0.25) is 5.91 Å². The summed E-state index contributed by atoms with van der Waals surface area (Å²) >= 11 is 0. The van der Waals surface area contributed by atoms with Gasteiger partial charge in [-0.2, -0.15) is 13.2 Å². The summed E-state index contributed by atoms with van der Waals surface area (Å²) in [4.78, 5) is 14.5. The van der Waals surface area contributed by atoms with Crippen LogP contribution in [0.25, 0.3) is 0 Å². The molecule has 1 aromatic rings. The Balaban J connectivity index is 0.00000288. The van der Waals surface area contributed by atoms with E-state index in [1.54, 1.807) is 11.0 Å². The molecule has 1 aliphatic rings. The predicted octanol–water partition coefficient (Wildman–Crippen LogP) is 3.82. The summed E-state index contributed by atoms with van der Waals surface area (Å²) in [5, 5.41) is 0. The third kappa shape index (κ3) is 4.42. The molecule has 2 atom stereocenters. The van der Waals surface area contributed by atoms with Crippen LogP contribution >= 0.6 is 12.4 Å². The maximum Gasteiger partial charge on any atom is 0.416 e. The molecule has 1 aromatic carbocycles. The second-order valence-electron chi connectivity index (χ2n) is 6.61. The fourth-order valence-corrected chi connectivity index (χ4v) is 3.08. The van der Waals surface area contributed by atoms with E-state index in [0.717, 1.165) is 18.6 Å². The summed E-state index contributed by atoms with van der Waals surface area (Å²) in [5.74, 6) is -0.651. The number of likely N-dealkylation sites (tertiary alicyclic amines) is 1. The van der Waals surface area contributed by atoms with Crippen molar-refractivity contribution in [3.63, 3.8) is 0 Å². The maximum atomic E-state index is 12.9. The third-order valence-corrected chi connectivity index (χ3v) is 4.68. The van der Waals surface area contributed by atoms with Gasteiger partial charge in [-0.05, 0) is 36.4 Å². The summed E-state index contributed by atoms with van der Waals surface area (Å²) in [6, 6.07) is 5.08. The molecule has 1 amide bonds. The minimum absolute atomic E-state index is 0. The lowest BCUT2D eigenvalue weighted by molar-refractivity contribution is -0.138. The van der Waals surface area contributed by atoms with E-state index < -0.39 is 17.7 Å². The van der Waals surface area contributed by atoms with Gasteiger partial charge in [0.15, 0.2) is 0 Å². The van der Waals surface area contributed by atoms with Crippen LogP contribution in [0.4, 0.5) is 13.2 Å². The van der Waals surface area contributed by atoms with Crippen molar-refractivity contribution in [2.75, 3.05) is 19.6 Å². The van der Waals surface area contributed by atoms with E-state index in [1.165, 1.54) is 6.07 Å². The van der Waals surface area contributed by atoms with E-state index in [4.69, 9.17) is 5.73 Å². The molecule has 24 heavy (non-hydrogen) atoms. The average molecular weight is 365 g/mol. The highest BCUT2D eigenvalue weighted by Crippen LogP contribution is 2.34. The quantitative estimate of drug-likeness (QED) is 0.882. The predicted molar refractivity (Wildman–Crippen MR) is 90.1 cm³/mol. The highest BCUT2D eigenvalue weighted by atomic mass is 35.5. The second kappa shape index (κ2) is 7.74. The number of nitrogens with zero attached hydrogens (tertiary/aromatic N) is 1. The molecule has 0 spiro atoms. The zero-order chi connectivity index (χ0) is 17.3. The van der Waals surface area contributed by atoms with Crippen molar-refractivity contribution in [3.05, 3.63) is 35.4 Å². The van der Waals surface area contributed by atoms with Gasteiger partial charge in [0.1, 0.15) is 0 Å². The summed E-state index contributed by atoms with van der Waals surface area (Å²) in [6.45, 7) is 5.53. The van der Waals surface area contributed by atoms with Crippen molar-refractivity contribution in [1.82, 2.24) is 4.90 Å². The van der Waals surface area contributed by atoms with Crippen LogP contribution in [0.5, 0.6) is 0 Å². The van der Waals surface area contributed by atoms with Crippen LogP contribution in [0.3, 0.4) is 0 Å². The molecule has 1 saturated heterocycles. The van der Waals surface area contributed by atoms with Gasteiger partial charge < -0.3 is 10.6 Å². The van der Waals surface area contributed by atoms with Crippen molar-refractivity contribution in [2.45, 2.75) is 38.8 Å². The first-order valence-electron chi connectivity index (χ1n) is 7.86. The zero-order valence-electron chi connectivity index (χ0n) is 13.9. The molecule has 1 fully saturated rings. The molecule has 0 aromatic heterocycles. The number of nitrogens with two attached hydrogens (primary N) is 1. The molecule has 0 saturated carbocycles. The molecule has 0 radical (unpaired) electrons. The smallest absolute Gasteiger partial charge is 0.342 e. The van der Waals surface area contributed by atoms with E-state index in [1.807, 2.05) is 13.8 Å². The second-order valence-corrected chi connectivity index (χ2v) is 6.61. The molecule has 0 aliphatic carbocycles. The van der Waals surface area contributed by atoms with Gasteiger partial charge in [0, 0.05) is 13.1 Å². The minimum Gasteiger partial charge on any atom is -0.342 e. The molecule has 136 valence electrons. The lowest BCUT2D eigenvalue weighted by Crippen LogP contribution is -2.37. The first-order valence-corrected chi connectivity index (χ1v) is 7.86. The molecule has 2 rings (SSSR count). The Kier molecular flexibility index (Phi) is 6.70. The summed E-state index contributed by atoms with van der Waals surface area (Å²) in [5.41, 5.74) is 5.37. The molecule has 1 heterocycles. The molecule has 7 heteroatoms. The zero-order valence-corrected chi connectivity index (χ0v) is 14.7. The standard InChI is InChI=1S/C17H23F3N2O.ClH/c1-3-14(12-5-4-6-13(9-12)17(18,19)20)15(23)22-8-7-16(2,10-21)11-22;/h4-6,9,14H,3,7-8,10-11,21H2,1-2H3;1H. The van der Waals surface area contributed by atoms with Crippen molar-refractivity contribution in [2.24, 2.45) is 11.1 Å². The minimum atomic E-state index is -4.40. The monoisotopic (exact) mass is 364 g/mol. The number of amides is 1. The Morgan fingerprint density at radius 3 is 2.58 bits per heavy atom. The lowest BCUT2D eigenvalue weighted by Gasteiger charge is -2.26. The van der Waals surface area contributed by atoms with Gasteiger partial charge >= 0.3 is 6.18 Å². The average Bonchev–Trinajstić information content (AvgIpc) is 2.91. The van der Waals surface area contributed by atoms with Gasteiger partial charge in [-0.3, -0.25) is 4.79 Å². The van der Waals surface area contributed by atoms with Crippen LogP contribution < -0.4 is 5.73 Å². The van der Waals surface area contributed by atoms with E-state index in [2.05, 4.69) is 0 Å². The largest absolute Gasteiger partial charge is 0.416 e. The molecular formula is C17H24ClF3N2O. The van der Waals surface area contributed by atoms with Gasteiger partial charge in [-0.15, -0.1) is 12.4 Å². The van der Waals surface area contributed by atoms with Crippen LogP contribution in [0.15, 0.2) is 24.3 Å². The van der Waals surface area contributed by atoms with Crippen LogP contribution in [0.1, 0.15) is 43.7 Å². The van der Waals surface area contributed by atoms with Crippen molar-refractivity contribution in [3.8, 4) is 0 Å². The van der Waals surface area contributed by atoms with Crippen molar-refractivity contribution < 1.29 is 18.0 Å². The Morgan fingerprint density at radius 1 is 1.42 bits per heavy atom. The Labute approximate surface area is 146 Å². The van der Waals surface area contributed by atoms with E-state index in [9.17, 15) is 18.0 Å². The molecule has 2 unspecified atom stereocenters. The number of carbonyl (C=O) groups is 1. The molecular weight excluding hydrogens is 341 g/mol.